The Balaban J connectivity index is 1.03. The van der Waals surface area contributed by atoms with E-state index in [2.05, 4.69) is 33.1 Å². The van der Waals surface area contributed by atoms with E-state index in [1.165, 1.54) is 0 Å². The Morgan fingerprint density at radius 1 is 0.552 bits per heavy atom. The fourth-order valence-electron chi connectivity index (χ4n) is 7.20. The molecule has 4 aromatic carbocycles. The quantitative estimate of drug-likeness (QED) is 0.140. The standard InChI is InChI=1S/C46H48N6O6/c1-3-39(53)49-41(33-13-7-5-8-14-33)45(57)51-29-11-17-37(51)43(55)47-35-25-21-31(22-26-35)19-20-32-23-27-36(28-24-32)48-44(56)38-18-12-30-52(38)46(58)42(50-40(54)4-2)34-15-9-6-10-16-34/h5-10,13-16,21-28,37-38,41-42H,3-4,11-12,17-18,29-30H2,1-2H3,(H,47,55)(H,48,56)(H,49,53)(H,50,54)/t37-,38-,41+,42+/m0/s1. The number of likely N-dealkylation sites (tertiary alicyclic amines) is 2. The van der Waals surface area contributed by atoms with Crippen molar-refractivity contribution in [1.82, 2.24) is 20.4 Å². The zero-order valence-corrected chi connectivity index (χ0v) is 32.7. The van der Waals surface area contributed by atoms with Crippen molar-refractivity contribution >= 4 is 46.8 Å². The lowest BCUT2D eigenvalue weighted by Crippen LogP contribution is -2.48. The van der Waals surface area contributed by atoms with Crippen LogP contribution in [0.2, 0.25) is 0 Å². The zero-order chi connectivity index (χ0) is 41.0. The summed E-state index contributed by atoms with van der Waals surface area (Å²) in [5, 5.41) is 11.5. The van der Waals surface area contributed by atoms with E-state index in [1.54, 1.807) is 96.4 Å². The van der Waals surface area contributed by atoms with Crippen LogP contribution in [0.25, 0.3) is 0 Å². The van der Waals surface area contributed by atoms with Crippen LogP contribution in [0.15, 0.2) is 109 Å². The SMILES string of the molecule is CCC(=O)N[C@@H](C(=O)N1CCC[C@H]1C(=O)Nc1ccc(C#Cc2ccc(NC(=O)[C@@H]3CCCN3C(=O)[C@H](NC(=O)CC)c3ccccc3)cc2)cc1)c1ccccc1. The average Bonchev–Trinajstić information content (AvgIpc) is 3.97. The molecular formula is C46H48N6O6. The Morgan fingerprint density at radius 3 is 1.26 bits per heavy atom. The molecule has 4 aromatic rings. The van der Waals surface area contributed by atoms with Gasteiger partial charge >= 0.3 is 0 Å². The smallest absolute Gasteiger partial charge is 0.250 e. The summed E-state index contributed by atoms with van der Waals surface area (Å²) in [6.45, 7) is 4.29. The van der Waals surface area contributed by atoms with Gasteiger partial charge in [0.15, 0.2) is 0 Å². The second-order valence-electron chi connectivity index (χ2n) is 14.3. The third kappa shape index (κ3) is 10.2. The van der Waals surface area contributed by atoms with Gasteiger partial charge in [0.05, 0.1) is 0 Å². The summed E-state index contributed by atoms with van der Waals surface area (Å²) in [4.78, 5) is 82.0. The number of benzene rings is 4. The van der Waals surface area contributed by atoms with Gasteiger partial charge < -0.3 is 31.1 Å². The van der Waals surface area contributed by atoms with Gasteiger partial charge in [-0.1, -0.05) is 86.4 Å². The highest BCUT2D eigenvalue weighted by Gasteiger charge is 2.39. The summed E-state index contributed by atoms with van der Waals surface area (Å²) >= 11 is 0. The lowest BCUT2D eigenvalue weighted by Gasteiger charge is -2.29. The lowest BCUT2D eigenvalue weighted by atomic mass is 10.0. The molecule has 0 aliphatic carbocycles. The number of hydrogen-bond donors (Lipinski definition) is 4. The average molecular weight is 781 g/mol. The van der Waals surface area contributed by atoms with Crippen molar-refractivity contribution < 1.29 is 28.8 Å². The van der Waals surface area contributed by atoms with E-state index >= 15 is 0 Å². The number of carbonyl (C=O) groups excluding carboxylic acids is 6. The van der Waals surface area contributed by atoms with Crippen LogP contribution < -0.4 is 21.3 Å². The Hall–Kier alpha value is -6.74. The Kier molecular flexibility index (Phi) is 13.7. The van der Waals surface area contributed by atoms with E-state index in [1.807, 2.05) is 36.4 Å². The molecule has 2 aliphatic heterocycles. The largest absolute Gasteiger partial charge is 0.341 e. The molecule has 6 amide bonds. The highest BCUT2D eigenvalue weighted by molar-refractivity contribution is 6.00. The first-order valence-corrected chi connectivity index (χ1v) is 19.8. The van der Waals surface area contributed by atoms with Crippen LogP contribution in [-0.2, 0) is 28.8 Å². The molecule has 12 nitrogen and oxygen atoms in total. The lowest BCUT2D eigenvalue weighted by molar-refractivity contribution is -0.140. The van der Waals surface area contributed by atoms with E-state index in [-0.39, 0.29) is 48.3 Å². The van der Waals surface area contributed by atoms with Gasteiger partial charge in [-0.3, -0.25) is 28.8 Å². The van der Waals surface area contributed by atoms with Crippen LogP contribution in [-0.4, -0.2) is 70.4 Å². The van der Waals surface area contributed by atoms with Crippen LogP contribution in [0.3, 0.4) is 0 Å². The van der Waals surface area contributed by atoms with Gasteiger partial charge in [0.2, 0.25) is 35.4 Å². The summed E-state index contributed by atoms with van der Waals surface area (Å²) in [5.41, 5.74) is 3.90. The highest BCUT2D eigenvalue weighted by atomic mass is 16.2. The van der Waals surface area contributed by atoms with Crippen molar-refractivity contribution in [2.45, 2.75) is 76.5 Å². The molecule has 6 rings (SSSR count). The summed E-state index contributed by atoms with van der Waals surface area (Å²) in [7, 11) is 0. The van der Waals surface area contributed by atoms with E-state index in [9.17, 15) is 28.8 Å². The Labute approximate surface area is 338 Å². The minimum Gasteiger partial charge on any atom is -0.341 e. The molecule has 0 aromatic heterocycles. The first kappa shape index (κ1) is 40.9. The molecular weight excluding hydrogens is 733 g/mol. The summed E-state index contributed by atoms with van der Waals surface area (Å²) in [5.74, 6) is 4.53. The van der Waals surface area contributed by atoms with Crippen molar-refractivity contribution in [2.24, 2.45) is 0 Å². The molecule has 2 heterocycles. The van der Waals surface area contributed by atoms with Crippen molar-refractivity contribution in [3.05, 3.63) is 131 Å². The minimum absolute atomic E-state index is 0.235. The molecule has 0 spiro atoms. The van der Waals surface area contributed by atoms with Gasteiger partial charge in [-0.25, -0.2) is 0 Å². The van der Waals surface area contributed by atoms with Crippen molar-refractivity contribution in [3.8, 4) is 11.8 Å². The maximum atomic E-state index is 13.7. The third-order valence-corrected chi connectivity index (χ3v) is 10.3. The van der Waals surface area contributed by atoms with Crippen molar-refractivity contribution in [3.63, 3.8) is 0 Å². The number of rotatable bonds is 12. The second kappa shape index (κ2) is 19.4. The fourth-order valence-corrected chi connectivity index (χ4v) is 7.20. The number of hydrogen-bond acceptors (Lipinski definition) is 6. The molecule has 298 valence electrons. The second-order valence-corrected chi connectivity index (χ2v) is 14.3. The molecule has 58 heavy (non-hydrogen) atoms. The normalized spacial score (nSPS) is 16.9. The molecule has 4 N–H and O–H groups in total. The molecule has 0 radical (unpaired) electrons. The first-order chi connectivity index (χ1) is 28.1. The topological polar surface area (TPSA) is 157 Å². The summed E-state index contributed by atoms with van der Waals surface area (Å²) in [6.07, 6.45) is 2.84. The van der Waals surface area contributed by atoms with Crippen LogP contribution in [0.1, 0.15) is 86.7 Å². The minimum atomic E-state index is -0.878. The van der Waals surface area contributed by atoms with Gasteiger partial charge in [-0.05, 0) is 85.3 Å². The van der Waals surface area contributed by atoms with Gasteiger partial charge in [0.1, 0.15) is 24.2 Å². The molecule has 2 fully saturated rings. The number of nitrogens with one attached hydrogen (secondary N) is 4. The monoisotopic (exact) mass is 780 g/mol. The molecule has 0 bridgehead atoms. The van der Waals surface area contributed by atoms with Crippen LogP contribution in [0.4, 0.5) is 11.4 Å². The van der Waals surface area contributed by atoms with E-state index in [4.69, 9.17) is 0 Å². The van der Waals surface area contributed by atoms with Crippen LogP contribution >= 0.6 is 0 Å². The number of amides is 6. The molecule has 4 atom stereocenters. The number of carbonyl (C=O) groups is 6. The molecule has 0 unspecified atom stereocenters. The van der Waals surface area contributed by atoms with Crippen molar-refractivity contribution in [1.29, 1.82) is 0 Å². The van der Waals surface area contributed by atoms with Crippen molar-refractivity contribution in [2.75, 3.05) is 23.7 Å². The maximum absolute atomic E-state index is 13.7. The highest BCUT2D eigenvalue weighted by Crippen LogP contribution is 2.27. The van der Waals surface area contributed by atoms with Gasteiger partial charge in [-0.15, -0.1) is 0 Å². The van der Waals surface area contributed by atoms with Crippen LogP contribution in [0.5, 0.6) is 0 Å². The maximum Gasteiger partial charge on any atom is 0.250 e. The van der Waals surface area contributed by atoms with E-state index in [0.29, 0.717) is 61.3 Å². The molecule has 2 saturated heterocycles. The third-order valence-electron chi connectivity index (χ3n) is 10.3. The van der Waals surface area contributed by atoms with Crippen LogP contribution in [0, 0.1) is 11.8 Å². The molecule has 0 saturated carbocycles. The first-order valence-electron chi connectivity index (χ1n) is 19.8. The van der Waals surface area contributed by atoms with Gasteiger partial charge in [0.25, 0.3) is 0 Å². The van der Waals surface area contributed by atoms with Gasteiger partial charge in [0, 0.05) is 48.4 Å². The summed E-state index contributed by atoms with van der Waals surface area (Å²) < 4.78 is 0. The number of anilines is 2. The molecule has 2 aliphatic rings. The van der Waals surface area contributed by atoms with E-state index in [0.717, 1.165) is 11.1 Å². The Bertz CT molecular complexity index is 2010. The van der Waals surface area contributed by atoms with Gasteiger partial charge in [-0.2, -0.15) is 0 Å². The predicted octanol–water partition coefficient (Wildman–Crippen LogP) is 5.48. The molecule has 12 heteroatoms. The fraction of sp³-hybridized carbons (Fsp3) is 0.304. The van der Waals surface area contributed by atoms with E-state index < -0.39 is 24.2 Å². The predicted molar refractivity (Wildman–Crippen MR) is 221 cm³/mol. The number of nitrogens with zero attached hydrogens (tertiary/aromatic N) is 2. The summed E-state index contributed by atoms with van der Waals surface area (Å²) in [6, 6.07) is 29.2. The zero-order valence-electron chi connectivity index (χ0n) is 32.7. The Morgan fingerprint density at radius 2 is 0.914 bits per heavy atom.